The highest BCUT2D eigenvalue weighted by molar-refractivity contribution is 8.02. The highest BCUT2D eigenvalue weighted by Gasteiger charge is 2.14. The van der Waals surface area contributed by atoms with Crippen molar-refractivity contribution in [3.8, 4) is 6.07 Å². The van der Waals surface area contributed by atoms with Crippen molar-refractivity contribution in [2.24, 2.45) is 5.92 Å². The van der Waals surface area contributed by atoms with Crippen molar-refractivity contribution >= 4 is 11.8 Å². The molecule has 1 heterocycles. The first-order valence-corrected chi connectivity index (χ1v) is 4.63. The molecule has 10 heavy (non-hydrogen) atoms. The van der Waals surface area contributed by atoms with Crippen LogP contribution in [-0.2, 0) is 0 Å². The molecule has 1 rings (SSSR count). The van der Waals surface area contributed by atoms with Gasteiger partial charge >= 0.3 is 0 Å². The molecule has 0 saturated heterocycles. The van der Waals surface area contributed by atoms with Crippen molar-refractivity contribution in [3.05, 3.63) is 11.0 Å². The lowest BCUT2D eigenvalue weighted by molar-refractivity contribution is 0.720. The van der Waals surface area contributed by atoms with Gasteiger partial charge in [-0.2, -0.15) is 5.26 Å². The molecule has 0 aromatic rings. The van der Waals surface area contributed by atoms with E-state index in [2.05, 4.69) is 18.4 Å². The van der Waals surface area contributed by atoms with E-state index in [1.165, 1.54) is 11.3 Å². The van der Waals surface area contributed by atoms with Crippen molar-refractivity contribution in [1.29, 1.82) is 5.26 Å². The van der Waals surface area contributed by atoms with Gasteiger partial charge in [-0.05, 0) is 23.8 Å². The van der Waals surface area contributed by atoms with Crippen molar-refractivity contribution in [2.75, 3.05) is 5.75 Å². The molecule has 1 atom stereocenters. The van der Waals surface area contributed by atoms with E-state index in [-0.39, 0.29) is 5.92 Å². The highest BCUT2D eigenvalue weighted by Crippen LogP contribution is 2.28. The van der Waals surface area contributed by atoms with Gasteiger partial charge in [0.2, 0.25) is 0 Å². The number of nitrogens with zero attached hydrogens (tertiary/aromatic N) is 1. The SMILES string of the molecule is CCC(C#N)C1=CSCC1. The zero-order chi connectivity index (χ0) is 7.40. The monoisotopic (exact) mass is 153 g/mol. The topological polar surface area (TPSA) is 23.8 Å². The molecule has 0 spiro atoms. The molecule has 1 unspecified atom stereocenters. The zero-order valence-electron chi connectivity index (χ0n) is 6.13. The molecule has 0 bridgehead atoms. The van der Waals surface area contributed by atoms with Crippen LogP contribution in [-0.4, -0.2) is 5.75 Å². The lowest BCUT2D eigenvalue weighted by atomic mass is 9.98. The number of hydrogen-bond acceptors (Lipinski definition) is 2. The Kier molecular flexibility index (Phi) is 2.82. The first kappa shape index (κ1) is 7.68. The minimum Gasteiger partial charge on any atom is -0.198 e. The Morgan fingerprint density at radius 1 is 1.90 bits per heavy atom. The second kappa shape index (κ2) is 3.68. The van der Waals surface area contributed by atoms with Crippen LogP contribution in [0.5, 0.6) is 0 Å². The van der Waals surface area contributed by atoms with Gasteiger partial charge < -0.3 is 0 Å². The van der Waals surface area contributed by atoms with Crippen molar-refractivity contribution < 1.29 is 0 Å². The smallest absolute Gasteiger partial charge is 0.0700 e. The Morgan fingerprint density at radius 2 is 2.70 bits per heavy atom. The molecule has 1 aliphatic heterocycles. The number of rotatable bonds is 2. The van der Waals surface area contributed by atoms with Gasteiger partial charge in [0.1, 0.15) is 0 Å². The van der Waals surface area contributed by atoms with Gasteiger partial charge in [0.05, 0.1) is 12.0 Å². The third-order valence-electron chi connectivity index (χ3n) is 1.75. The summed E-state index contributed by atoms with van der Waals surface area (Å²) < 4.78 is 0. The van der Waals surface area contributed by atoms with Crippen LogP contribution in [0.15, 0.2) is 11.0 Å². The fraction of sp³-hybridized carbons (Fsp3) is 0.625. The Balaban J connectivity index is 2.54. The predicted octanol–water partition coefficient (Wildman–Crippen LogP) is 2.56. The largest absolute Gasteiger partial charge is 0.198 e. The van der Waals surface area contributed by atoms with E-state index in [0.29, 0.717) is 0 Å². The molecule has 1 nitrogen and oxygen atoms in total. The normalized spacial score (nSPS) is 19.8. The van der Waals surface area contributed by atoms with Crippen LogP contribution < -0.4 is 0 Å². The van der Waals surface area contributed by atoms with E-state index < -0.39 is 0 Å². The van der Waals surface area contributed by atoms with E-state index in [1.807, 2.05) is 11.8 Å². The van der Waals surface area contributed by atoms with Crippen molar-refractivity contribution in [3.63, 3.8) is 0 Å². The Labute approximate surface area is 66.1 Å². The van der Waals surface area contributed by atoms with Gasteiger partial charge in [0.15, 0.2) is 0 Å². The zero-order valence-corrected chi connectivity index (χ0v) is 6.95. The molecule has 2 heteroatoms. The van der Waals surface area contributed by atoms with Crippen LogP contribution in [0.2, 0.25) is 0 Å². The lowest BCUT2D eigenvalue weighted by Gasteiger charge is -2.04. The molecule has 0 aromatic carbocycles. The van der Waals surface area contributed by atoms with Crippen LogP contribution >= 0.6 is 11.8 Å². The summed E-state index contributed by atoms with van der Waals surface area (Å²) in [4.78, 5) is 0. The fourth-order valence-corrected chi connectivity index (χ4v) is 2.06. The molecule has 0 amide bonds. The fourth-order valence-electron chi connectivity index (χ4n) is 1.09. The lowest BCUT2D eigenvalue weighted by Crippen LogP contribution is -1.97. The van der Waals surface area contributed by atoms with E-state index >= 15 is 0 Å². The van der Waals surface area contributed by atoms with E-state index in [1.54, 1.807) is 0 Å². The maximum absolute atomic E-state index is 8.69. The molecule has 54 valence electrons. The van der Waals surface area contributed by atoms with Crippen molar-refractivity contribution in [1.82, 2.24) is 0 Å². The molecule has 0 N–H and O–H groups in total. The van der Waals surface area contributed by atoms with E-state index in [9.17, 15) is 0 Å². The summed E-state index contributed by atoms with van der Waals surface area (Å²) in [6.45, 7) is 2.07. The molecule has 0 aliphatic carbocycles. The van der Waals surface area contributed by atoms with Crippen LogP contribution in [0, 0.1) is 17.2 Å². The maximum Gasteiger partial charge on any atom is 0.0700 e. The average Bonchev–Trinajstić information content (AvgIpc) is 2.43. The first-order valence-electron chi connectivity index (χ1n) is 3.58. The van der Waals surface area contributed by atoms with E-state index in [4.69, 9.17) is 5.26 Å². The summed E-state index contributed by atoms with van der Waals surface area (Å²) in [6.07, 6.45) is 2.08. The molecule has 1 aliphatic rings. The standard InChI is InChI=1S/C8H11NS/c1-2-7(5-9)8-3-4-10-6-8/h6-7H,2-4H2,1H3. The Morgan fingerprint density at radius 3 is 3.10 bits per heavy atom. The second-order valence-corrected chi connectivity index (χ2v) is 3.38. The molecule has 0 radical (unpaired) electrons. The molecular formula is C8H11NS. The summed E-state index contributed by atoms with van der Waals surface area (Å²) in [5.41, 5.74) is 1.34. The van der Waals surface area contributed by atoms with Crippen LogP contribution in [0.25, 0.3) is 0 Å². The Bertz CT molecular complexity index is 178. The summed E-state index contributed by atoms with van der Waals surface area (Å²) >= 11 is 1.83. The first-order chi connectivity index (χ1) is 4.88. The highest BCUT2D eigenvalue weighted by atomic mass is 32.2. The van der Waals surface area contributed by atoms with Gasteiger partial charge in [-0.3, -0.25) is 0 Å². The van der Waals surface area contributed by atoms with Gasteiger partial charge in [-0.1, -0.05) is 6.92 Å². The van der Waals surface area contributed by atoms with Gasteiger partial charge in [0, 0.05) is 5.75 Å². The number of nitriles is 1. The minimum atomic E-state index is 0.190. The van der Waals surface area contributed by atoms with Gasteiger partial charge in [0.25, 0.3) is 0 Å². The molecule has 0 saturated carbocycles. The van der Waals surface area contributed by atoms with Gasteiger partial charge in [-0.15, -0.1) is 11.8 Å². The predicted molar refractivity (Wildman–Crippen MR) is 44.6 cm³/mol. The third-order valence-corrected chi connectivity index (χ3v) is 2.66. The quantitative estimate of drug-likeness (QED) is 0.608. The molecule has 0 fully saturated rings. The summed E-state index contributed by atoms with van der Waals surface area (Å²) in [5.74, 6) is 1.36. The van der Waals surface area contributed by atoms with E-state index in [0.717, 1.165) is 12.8 Å². The van der Waals surface area contributed by atoms with Crippen LogP contribution in [0.4, 0.5) is 0 Å². The minimum absolute atomic E-state index is 0.190. The number of allylic oxidation sites excluding steroid dienone is 1. The maximum atomic E-state index is 8.69. The van der Waals surface area contributed by atoms with Crippen LogP contribution in [0.3, 0.4) is 0 Å². The number of thioether (sulfide) groups is 1. The average molecular weight is 153 g/mol. The summed E-state index contributed by atoms with van der Waals surface area (Å²) in [7, 11) is 0. The molecule has 0 aromatic heterocycles. The summed E-state index contributed by atoms with van der Waals surface area (Å²) in [6, 6.07) is 2.31. The molecular weight excluding hydrogens is 142 g/mol. The van der Waals surface area contributed by atoms with Crippen LogP contribution in [0.1, 0.15) is 19.8 Å². The summed E-state index contributed by atoms with van der Waals surface area (Å²) in [5, 5.41) is 10.8. The third kappa shape index (κ3) is 1.54. The number of hydrogen-bond donors (Lipinski definition) is 0. The van der Waals surface area contributed by atoms with Crippen molar-refractivity contribution in [2.45, 2.75) is 19.8 Å². The Hall–Kier alpha value is -0.420. The second-order valence-electron chi connectivity index (χ2n) is 2.40. The van der Waals surface area contributed by atoms with Gasteiger partial charge in [-0.25, -0.2) is 0 Å².